The van der Waals surface area contributed by atoms with Gasteiger partial charge in [0.15, 0.2) is 0 Å². The summed E-state index contributed by atoms with van der Waals surface area (Å²) in [7, 11) is 0. The Hall–Kier alpha value is -7.18. The third-order valence-corrected chi connectivity index (χ3v) is 15.7. The van der Waals surface area contributed by atoms with Gasteiger partial charge in [-0.15, -0.1) is 0 Å². The van der Waals surface area contributed by atoms with E-state index in [1.807, 2.05) is 12.4 Å². The van der Waals surface area contributed by atoms with E-state index in [0.29, 0.717) is 6.67 Å². The summed E-state index contributed by atoms with van der Waals surface area (Å²) in [6, 6.07) is 49.7. The molecule has 396 valence electrons. The summed E-state index contributed by atoms with van der Waals surface area (Å²) >= 11 is 0. The quantitative estimate of drug-likeness (QED) is 0.159. The fourth-order valence-corrected chi connectivity index (χ4v) is 11.2. The zero-order valence-corrected chi connectivity index (χ0v) is 49.3. The van der Waals surface area contributed by atoms with Crippen LogP contribution in [0.25, 0.3) is 49.9 Å². The number of pyridine rings is 2. The van der Waals surface area contributed by atoms with E-state index in [1.54, 1.807) is 0 Å². The molecule has 0 saturated heterocycles. The van der Waals surface area contributed by atoms with Gasteiger partial charge in [0.25, 0.3) is 0 Å². The van der Waals surface area contributed by atoms with Gasteiger partial charge < -0.3 is 14.5 Å². The maximum absolute atomic E-state index is 6.93. The van der Waals surface area contributed by atoms with Gasteiger partial charge in [-0.05, 0) is 138 Å². The van der Waals surface area contributed by atoms with Gasteiger partial charge in [-0.3, -0.25) is 9.55 Å². The number of rotatable bonds is 7. The number of hydrogen-bond acceptors (Lipinski definition) is 5. The fraction of sp³-hybridized carbons (Fsp3) is 0.352. The van der Waals surface area contributed by atoms with Gasteiger partial charge in [-0.1, -0.05) is 185 Å². The number of anilines is 4. The second-order valence-electron chi connectivity index (χ2n) is 27.8. The van der Waals surface area contributed by atoms with Crippen molar-refractivity contribution in [1.29, 1.82) is 0 Å². The van der Waals surface area contributed by atoms with Crippen LogP contribution in [-0.4, -0.2) is 21.2 Å². The van der Waals surface area contributed by atoms with Gasteiger partial charge in [-0.2, -0.15) is 0 Å². The normalized spacial score (nSPS) is 13.7. The van der Waals surface area contributed by atoms with Crippen molar-refractivity contribution in [2.75, 3.05) is 16.5 Å². The molecule has 0 bridgehead atoms. The molecule has 10 rings (SSSR count). The highest BCUT2D eigenvalue weighted by atomic mass is 16.5. The highest BCUT2D eigenvalue weighted by molar-refractivity contribution is 6.09. The highest BCUT2D eigenvalue weighted by Gasteiger charge is 2.36. The molecule has 0 atom stereocenters. The van der Waals surface area contributed by atoms with Crippen molar-refractivity contribution in [3.8, 4) is 39.6 Å². The van der Waals surface area contributed by atoms with Crippen LogP contribution in [0.5, 0.6) is 11.5 Å². The van der Waals surface area contributed by atoms with Crippen LogP contribution in [0.15, 0.2) is 152 Å². The van der Waals surface area contributed by atoms with E-state index in [2.05, 4.69) is 279 Å². The average Bonchev–Trinajstić information content (AvgIpc) is 3.98. The van der Waals surface area contributed by atoms with Crippen LogP contribution in [0, 0.1) is 0 Å². The molecular weight excluding hydrogens is 939 g/mol. The van der Waals surface area contributed by atoms with Crippen LogP contribution in [-0.2, 0) is 32.5 Å². The summed E-state index contributed by atoms with van der Waals surface area (Å²) < 4.78 is 9.21. The minimum Gasteiger partial charge on any atom is -0.457 e. The Morgan fingerprint density at radius 3 is 1.53 bits per heavy atom. The molecule has 0 radical (unpaired) electrons. The first-order valence-electron chi connectivity index (χ1n) is 27.7. The Morgan fingerprint density at radius 1 is 0.403 bits per heavy atom. The zero-order valence-electron chi connectivity index (χ0n) is 49.3. The van der Waals surface area contributed by atoms with Crippen LogP contribution >= 0.6 is 0 Å². The minimum absolute atomic E-state index is 0.0255. The van der Waals surface area contributed by atoms with Gasteiger partial charge in [0.1, 0.15) is 24.0 Å². The second-order valence-corrected chi connectivity index (χ2v) is 27.8. The van der Waals surface area contributed by atoms with E-state index < -0.39 is 0 Å². The van der Waals surface area contributed by atoms with Gasteiger partial charge in [-0.25, -0.2) is 4.98 Å². The lowest BCUT2D eigenvalue weighted by atomic mass is 9.74. The molecule has 77 heavy (non-hydrogen) atoms. The van der Waals surface area contributed by atoms with E-state index in [4.69, 9.17) is 14.7 Å². The van der Waals surface area contributed by atoms with Crippen LogP contribution in [0.2, 0.25) is 0 Å². The molecule has 9 aromatic rings. The Labute approximate surface area is 460 Å². The number of fused-ring (bicyclic) bond motifs is 4. The monoisotopic (exact) mass is 1020 g/mol. The van der Waals surface area contributed by atoms with Crippen molar-refractivity contribution in [2.45, 2.75) is 157 Å². The SMILES string of the molecule is CC(C)(C)c1ccnc(-n2c3ccccc3c3ccc(Oc4cccc(N5CN(c6c(-c7cc(C(C)(C)C)ccc7C(C)(C)C)cc(C(C)(C)C)cc6-c6cc(C(C)(C)C)ccc6C(C)(C)C)c6cnccc65)c4)cc32)c1. The standard InChI is InChI=1S/C71H81N5O/c1-66(2,3)45-26-30-58(70(13,14)15)54(36-45)56-38-48(69(10,11)12)39-57(55-37-46(67(4,5)6)27-31-59(55)71(16,17)18)65(56)75-44-74(61-33-34-72-43-63(61)75)49-22-21-23-50(41-49)77-51-28-29-53-52-24-19-20-25-60(52)76(62(53)42-51)64-40-47(32-35-73-64)68(7,8)9/h19-43H,44H2,1-18H3. The predicted molar refractivity (Wildman–Crippen MR) is 328 cm³/mol. The van der Waals surface area contributed by atoms with Crippen molar-refractivity contribution in [3.05, 3.63) is 185 Å². The fourth-order valence-electron chi connectivity index (χ4n) is 11.2. The molecule has 6 nitrogen and oxygen atoms in total. The van der Waals surface area contributed by atoms with Crippen LogP contribution < -0.4 is 14.5 Å². The summed E-state index contributed by atoms with van der Waals surface area (Å²) in [6.45, 7) is 42.5. The summed E-state index contributed by atoms with van der Waals surface area (Å²) in [5.74, 6) is 2.40. The number of nitrogens with zero attached hydrogens (tertiary/aromatic N) is 5. The van der Waals surface area contributed by atoms with Gasteiger partial charge in [0.2, 0.25) is 0 Å². The van der Waals surface area contributed by atoms with E-state index in [0.717, 1.165) is 50.8 Å². The molecule has 0 spiro atoms. The average molecular weight is 1020 g/mol. The lowest BCUT2D eigenvalue weighted by Gasteiger charge is -2.34. The maximum atomic E-state index is 6.93. The number of aromatic nitrogens is 3. The van der Waals surface area contributed by atoms with Crippen LogP contribution in [0.3, 0.4) is 0 Å². The van der Waals surface area contributed by atoms with Crippen LogP contribution in [0.4, 0.5) is 22.7 Å². The lowest BCUT2D eigenvalue weighted by Crippen LogP contribution is -2.26. The summed E-state index contributed by atoms with van der Waals surface area (Å²) in [5.41, 5.74) is 18.7. The molecule has 0 N–H and O–H groups in total. The van der Waals surface area contributed by atoms with E-state index >= 15 is 0 Å². The smallest absolute Gasteiger partial charge is 0.137 e. The predicted octanol–water partition coefficient (Wildman–Crippen LogP) is 19.7. The first kappa shape index (κ1) is 53.2. The van der Waals surface area contributed by atoms with E-state index in [9.17, 15) is 0 Å². The second kappa shape index (κ2) is 18.8. The molecule has 6 aromatic carbocycles. The molecule has 0 unspecified atom stereocenters. The molecule has 6 heteroatoms. The van der Waals surface area contributed by atoms with Crippen molar-refractivity contribution >= 4 is 44.6 Å². The lowest BCUT2D eigenvalue weighted by molar-refractivity contribution is 0.483. The number of para-hydroxylation sites is 1. The summed E-state index contributed by atoms with van der Waals surface area (Å²) in [5, 5.41) is 2.33. The first-order chi connectivity index (χ1) is 36.0. The molecule has 4 heterocycles. The summed E-state index contributed by atoms with van der Waals surface area (Å²) in [6.07, 6.45) is 5.92. The third-order valence-electron chi connectivity index (χ3n) is 15.7. The van der Waals surface area contributed by atoms with E-state index in [1.165, 1.54) is 66.7 Å². The Kier molecular flexibility index (Phi) is 13.0. The largest absolute Gasteiger partial charge is 0.457 e. The molecule has 0 aliphatic carbocycles. The van der Waals surface area contributed by atoms with Gasteiger partial charge in [0, 0.05) is 52.1 Å². The molecule has 1 aliphatic heterocycles. The molecule has 1 aliphatic rings. The minimum atomic E-state index is -0.151. The molecule has 0 saturated carbocycles. The highest BCUT2D eigenvalue weighted by Crippen LogP contribution is 2.54. The molecular formula is C71H81N5O. The number of hydrogen-bond donors (Lipinski definition) is 0. The molecule has 0 fully saturated rings. The third kappa shape index (κ3) is 10.2. The molecule has 0 amide bonds. The first-order valence-corrected chi connectivity index (χ1v) is 27.7. The molecule has 3 aromatic heterocycles. The Morgan fingerprint density at radius 2 is 0.948 bits per heavy atom. The van der Waals surface area contributed by atoms with E-state index in [-0.39, 0.29) is 32.5 Å². The van der Waals surface area contributed by atoms with Crippen molar-refractivity contribution in [1.82, 2.24) is 14.5 Å². The van der Waals surface area contributed by atoms with Crippen molar-refractivity contribution in [3.63, 3.8) is 0 Å². The van der Waals surface area contributed by atoms with Gasteiger partial charge >= 0.3 is 0 Å². The zero-order chi connectivity index (χ0) is 55.4. The number of ether oxygens (including phenoxy) is 1. The van der Waals surface area contributed by atoms with Crippen molar-refractivity contribution < 1.29 is 4.74 Å². The Bertz CT molecular complexity index is 3620. The number of benzene rings is 6. The Balaban J connectivity index is 1.16. The summed E-state index contributed by atoms with van der Waals surface area (Å²) in [4.78, 5) is 14.8. The van der Waals surface area contributed by atoms with Crippen LogP contribution in [0.1, 0.15) is 158 Å². The van der Waals surface area contributed by atoms with Crippen molar-refractivity contribution in [2.24, 2.45) is 0 Å². The van der Waals surface area contributed by atoms with Gasteiger partial charge in [0.05, 0.1) is 34.3 Å². The maximum Gasteiger partial charge on any atom is 0.137 e. The topological polar surface area (TPSA) is 46.4 Å².